The molecule has 104 valence electrons. The van der Waals surface area contributed by atoms with E-state index in [1.165, 1.54) is 11.8 Å². The van der Waals surface area contributed by atoms with E-state index in [1.807, 2.05) is 31.2 Å². The van der Waals surface area contributed by atoms with Gasteiger partial charge in [0.25, 0.3) is 5.91 Å². The van der Waals surface area contributed by atoms with E-state index in [0.717, 1.165) is 10.9 Å². The lowest BCUT2D eigenvalue weighted by atomic mass is 10.1. The molecule has 1 aromatic carbocycles. The van der Waals surface area contributed by atoms with Crippen molar-refractivity contribution in [3.05, 3.63) is 63.3 Å². The average molecular weight is 354 g/mol. The number of rotatable bonds is 4. The Kier molecular flexibility index (Phi) is 5.15. The Bertz CT molecular complexity index is 584. The van der Waals surface area contributed by atoms with Crippen LogP contribution in [0.2, 0.25) is 5.15 Å². The first-order chi connectivity index (χ1) is 9.54. The molecule has 0 fully saturated rings. The largest absolute Gasteiger partial charge is 0.349 e. The highest BCUT2D eigenvalue weighted by atomic mass is 79.9. The second kappa shape index (κ2) is 6.86. The van der Waals surface area contributed by atoms with Crippen LogP contribution in [0.25, 0.3) is 0 Å². The van der Waals surface area contributed by atoms with E-state index >= 15 is 0 Å². The molecule has 0 aliphatic heterocycles. The third-order valence-electron chi connectivity index (χ3n) is 2.82. The van der Waals surface area contributed by atoms with Gasteiger partial charge in [-0.15, -0.1) is 0 Å². The molecule has 0 aliphatic rings. The number of aromatic nitrogens is 1. The van der Waals surface area contributed by atoms with Crippen LogP contribution in [0.15, 0.2) is 47.1 Å². The van der Waals surface area contributed by atoms with E-state index in [4.69, 9.17) is 11.6 Å². The summed E-state index contributed by atoms with van der Waals surface area (Å²) < 4.78 is 1.05. The third kappa shape index (κ3) is 4.32. The second-order valence-corrected chi connectivity index (χ2v) is 5.88. The predicted molar refractivity (Wildman–Crippen MR) is 84.0 cm³/mol. The van der Waals surface area contributed by atoms with E-state index in [9.17, 15) is 4.79 Å². The molecule has 5 heteroatoms. The molecule has 1 atom stereocenters. The predicted octanol–water partition coefficient (Wildman–Crippen LogP) is 3.86. The van der Waals surface area contributed by atoms with Crippen molar-refractivity contribution in [1.29, 1.82) is 0 Å². The van der Waals surface area contributed by atoms with Gasteiger partial charge in [0.2, 0.25) is 0 Å². The summed E-state index contributed by atoms with van der Waals surface area (Å²) in [4.78, 5) is 15.9. The van der Waals surface area contributed by atoms with Gasteiger partial charge in [0.1, 0.15) is 5.15 Å². The zero-order valence-corrected chi connectivity index (χ0v) is 13.3. The summed E-state index contributed by atoms with van der Waals surface area (Å²) in [6.45, 7) is 1.98. The lowest BCUT2D eigenvalue weighted by Gasteiger charge is -2.14. The summed E-state index contributed by atoms with van der Waals surface area (Å²) in [5.41, 5.74) is 1.69. The SMILES string of the molecule is CC(Cc1ccc(Br)cc1)NC(=O)c1ccc(Cl)nc1. The van der Waals surface area contributed by atoms with Crippen LogP contribution in [-0.4, -0.2) is 16.9 Å². The van der Waals surface area contributed by atoms with Crippen molar-refractivity contribution < 1.29 is 4.79 Å². The van der Waals surface area contributed by atoms with E-state index in [1.54, 1.807) is 12.1 Å². The van der Waals surface area contributed by atoms with Crippen molar-refractivity contribution >= 4 is 33.4 Å². The van der Waals surface area contributed by atoms with Gasteiger partial charge in [0, 0.05) is 16.7 Å². The molecule has 0 aliphatic carbocycles. The van der Waals surface area contributed by atoms with Gasteiger partial charge < -0.3 is 5.32 Å². The molecule has 0 bridgehead atoms. The zero-order valence-electron chi connectivity index (χ0n) is 10.9. The standard InChI is InChI=1S/C15H14BrClN2O/c1-10(8-11-2-5-13(16)6-3-11)19-15(20)12-4-7-14(17)18-9-12/h2-7,9-10H,8H2,1H3,(H,19,20). The molecule has 3 nitrogen and oxygen atoms in total. The number of pyridine rings is 1. The van der Waals surface area contributed by atoms with Crippen molar-refractivity contribution in [1.82, 2.24) is 10.3 Å². The summed E-state index contributed by atoms with van der Waals surface area (Å²) in [5.74, 6) is -0.140. The molecule has 2 rings (SSSR count). The quantitative estimate of drug-likeness (QED) is 0.848. The molecule has 0 radical (unpaired) electrons. The highest BCUT2D eigenvalue weighted by molar-refractivity contribution is 9.10. The highest BCUT2D eigenvalue weighted by Gasteiger charge is 2.10. The normalized spacial score (nSPS) is 11.9. The summed E-state index contributed by atoms with van der Waals surface area (Å²) in [5, 5.41) is 3.32. The lowest BCUT2D eigenvalue weighted by Crippen LogP contribution is -2.34. The van der Waals surface area contributed by atoms with Gasteiger partial charge in [0.05, 0.1) is 5.56 Å². The Labute approximate surface area is 131 Å². The smallest absolute Gasteiger partial charge is 0.253 e. The van der Waals surface area contributed by atoms with Crippen molar-refractivity contribution in [2.24, 2.45) is 0 Å². The fourth-order valence-electron chi connectivity index (χ4n) is 1.84. The Morgan fingerprint density at radius 3 is 2.60 bits per heavy atom. The summed E-state index contributed by atoms with van der Waals surface area (Å²) in [7, 11) is 0. The van der Waals surface area contributed by atoms with Crippen LogP contribution in [0.4, 0.5) is 0 Å². The molecule has 1 heterocycles. The van der Waals surface area contributed by atoms with Crippen molar-refractivity contribution in [2.75, 3.05) is 0 Å². The van der Waals surface area contributed by atoms with Crippen molar-refractivity contribution in [3.63, 3.8) is 0 Å². The lowest BCUT2D eigenvalue weighted by molar-refractivity contribution is 0.0940. The maximum absolute atomic E-state index is 12.0. The van der Waals surface area contributed by atoms with Crippen LogP contribution >= 0.6 is 27.5 Å². The first-order valence-electron chi connectivity index (χ1n) is 6.21. The number of halogens is 2. The van der Waals surface area contributed by atoms with Gasteiger partial charge >= 0.3 is 0 Å². The molecule has 2 aromatic rings. The minimum atomic E-state index is -0.140. The molecule has 0 saturated heterocycles. The minimum absolute atomic E-state index is 0.0411. The van der Waals surface area contributed by atoms with Crippen LogP contribution in [-0.2, 0) is 6.42 Å². The molecule has 1 unspecified atom stereocenters. The number of hydrogen-bond acceptors (Lipinski definition) is 2. The van der Waals surface area contributed by atoms with Crippen LogP contribution in [0.1, 0.15) is 22.8 Å². The fraction of sp³-hybridized carbons (Fsp3) is 0.200. The molecule has 20 heavy (non-hydrogen) atoms. The first-order valence-corrected chi connectivity index (χ1v) is 7.38. The second-order valence-electron chi connectivity index (χ2n) is 4.57. The minimum Gasteiger partial charge on any atom is -0.349 e. The van der Waals surface area contributed by atoms with Gasteiger partial charge in [-0.2, -0.15) is 0 Å². The summed E-state index contributed by atoms with van der Waals surface area (Å²) in [6.07, 6.45) is 2.25. The van der Waals surface area contributed by atoms with E-state index < -0.39 is 0 Å². The van der Waals surface area contributed by atoms with E-state index in [-0.39, 0.29) is 11.9 Å². The average Bonchev–Trinajstić information content (AvgIpc) is 2.42. The Hall–Kier alpha value is -1.39. The zero-order chi connectivity index (χ0) is 14.5. The number of hydrogen-bond donors (Lipinski definition) is 1. The highest BCUT2D eigenvalue weighted by Crippen LogP contribution is 2.12. The van der Waals surface area contributed by atoms with Gasteiger partial charge in [-0.05, 0) is 43.2 Å². The van der Waals surface area contributed by atoms with Gasteiger partial charge in [0.15, 0.2) is 0 Å². The van der Waals surface area contributed by atoms with Gasteiger partial charge in [-0.25, -0.2) is 4.98 Å². The number of nitrogens with one attached hydrogen (secondary N) is 1. The maximum Gasteiger partial charge on any atom is 0.253 e. The van der Waals surface area contributed by atoms with Crippen molar-refractivity contribution in [3.8, 4) is 0 Å². The number of amides is 1. The molecular formula is C15H14BrClN2O. The molecule has 1 N–H and O–H groups in total. The fourth-order valence-corrected chi connectivity index (χ4v) is 2.22. The molecule has 0 spiro atoms. The van der Waals surface area contributed by atoms with Crippen LogP contribution in [0, 0.1) is 0 Å². The Morgan fingerprint density at radius 1 is 1.30 bits per heavy atom. The number of carbonyl (C=O) groups excluding carboxylic acids is 1. The topological polar surface area (TPSA) is 42.0 Å². The third-order valence-corrected chi connectivity index (χ3v) is 3.57. The van der Waals surface area contributed by atoms with E-state index in [0.29, 0.717) is 10.7 Å². The Morgan fingerprint density at radius 2 is 2.00 bits per heavy atom. The van der Waals surface area contributed by atoms with E-state index in [2.05, 4.69) is 26.2 Å². The van der Waals surface area contributed by atoms with Crippen LogP contribution < -0.4 is 5.32 Å². The first kappa shape index (κ1) is 15.0. The summed E-state index contributed by atoms with van der Waals surface area (Å²) in [6, 6.07) is 11.4. The molecular weight excluding hydrogens is 340 g/mol. The van der Waals surface area contributed by atoms with Crippen LogP contribution in [0.5, 0.6) is 0 Å². The number of nitrogens with zero attached hydrogens (tertiary/aromatic N) is 1. The maximum atomic E-state index is 12.0. The van der Waals surface area contributed by atoms with Crippen LogP contribution in [0.3, 0.4) is 0 Å². The monoisotopic (exact) mass is 352 g/mol. The molecule has 1 amide bonds. The number of benzene rings is 1. The molecule has 0 saturated carbocycles. The summed E-state index contributed by atoms with van der Waals surface area (Å²) >= 11 is 9.10. The Balaban J connectivity index is 1.93. The molecule has 1 aromatic heterocycles. The van der Waals surface area contributed by atoms with Gasteiger partial charge in [-0.3, -0.25) is 4.79 Å². The van der Waals surface area contributed by atoms with Crippen molar-refractivity contribution in [2.45, 2.75) is 19.4 Å². The number of carbonyl (C=O) groups is 1. The van der Waals surface area contributed by atoms with Gasteiger partial charge in [-0.1, -0.05) is 39.7 Å².